The third-order valence-corrected chi connectivity index (χ3v) is 1.54. The Morgan fingerprint density at radius 3 is 2.64 bits per heavy atom. The van der Waals surface area contributed by atoms with Crippen LogP contribution in [-0.4, -0.2) is 17.6 Å². The Labute approximate surface area is 66.8 Å². The van der Waals surface area contributed by atoms with Gasteiger partial charge in [-0.05, 0) is 13.3 Å². The van der Waals surface area contributed by atoms with Gasteiger partial charge in [0.25, 0.3) is 0 Å². The molecule has 0 spiro atoms. The Morgan fingerprint density at radius 1 is 1.82 bits per heavy atom. The number of nitrogens with one attached hydrogen (secondary N) is 1. The highest BCUT2D eigenvalue weighted by molar-refractivity contribution is 4.83. The molecule has 0 amide bonds. The van der Waals surface area contributed by atoms with E-state index in [1.165, 1.54) is 19.4 Å². The largest absolute Gasteiger partial charge is 0.452 e. The molecule has 0 saturated carbocycles. The normalized spacial score (nSPS) is 20.4. The van der Waals surface area contributed by atoms with Crippen LogP contribution < -0.4 is 5.32 Å². The zero-order chi connectivity index (χ0) is 8.10. The Morgan fingerprint density at radius 2 is 2.55 bits per heavy atom. The lowest BCUT2D eigenvalue weighted by atomic mass is 10.4. The van der Waals surface area contributed by atoms with Gasteiger partial charge in [-0.25, -0.2) is 4.98 Å². The zero-order valence-corrected chi connectivity index (χ0v) is 7.00. The molecule has 1 aliphatic rings. The molecule has 1 fully saturated rings. The molecule has 1 aromatic heterocycles. The monoisotopic (exact) mass is 154 g/mol. The summed E-state index contributed by atoms with van der Waals surface area (Å²) in [5, 5.41) is 3.18. The summed E-state index contributed by atoms with van der Waals surface area (Å²) in [5.74, 6) is 0. The second-order valence-corrected chi connectivity index (χ2v) is 2.64. The van der Waals surface area contributed by atoms with E-state index in [1.54, 1.807) is 6.26 Å². The highest BCUT2D eigenvalue weighted by Gasteiger charge is 2.15. The van der Waals surface area contributed by atoms with Gasteiger partial charge in [0.05, 0.1) is 5.69 Å². The van der Waals surface area contributed by atoms with E-state index in [9.17, 15) is 0 Å². The minimum atomic E-state index is 0.884. The van der Waals surface area contributed by atoms with E-state index in [0.29, 0.717) is 0 Å². The molecule has 62 valence electrons. The fourth-order valence-corrected chi connectivity index (χ4v) is 0.645. The summed E-state index contributed by atoms with van der Waals surface area (Å²) in [5.41, 5.74) is 0.926. The van der Waals surface area contributed by atoms with E-state index in [2.05, 4.69) is 21.6 Å². The van der Waals surface area contributed by atoms with Gasteiger partial charge in [-0.3, -0.25) is 0 Å². The van der Waals surface area contributed by atoms with Crippen molar-refractivity contribution < 1.29 is 4.42 Å². The minimum Gasteiger partial charge on any atom is -0.452 e. The molecular weight excluding hydrogens is 140 g/mol. The third-order valence-electron chi connectivity index (χ3n) is 1.54. The van der Waals surface area contributed by atoms with Gasteiger partial charge >= 0.3 is 0 Å². The number of hydrogen-bond acceptors (Lipinski definition) is 3. The molecule has 3 nitrogen and oxygen atoms in total. The van der Waals surface area contributed by atoms with E-state index in [0.717, 1.165) is 11.7 Å². The average Bonchev–Trinajstić information content (AvgIpc) is 2.75. The first-order chi connectivity index (χ1) is 5.33. The summed E-state index contributed by atoms with van der Waals surface area (Å²) in [6.07, 6.45) is 4.31. The number of rotatable bonds is 1. The molecule has 1 aromatic rings. The van der Waals surface area contributed by atoms with E-state index >= 15 is 0 Å². The highest BCUT2D eigenvalue weighted by atomic mass is 16.3. The second-order valence-electron chi connectivity index (χ2n) is 2.64. The maximum atomic E-state index is 4.60. The van der Waals surface area contributed by atoms with Crippen molar-refractivity contribution in [3.05, 3.63) is 18.4 Å². The van der Waals surface area contributed by atoms with Crippen molar-refractivity contribution in [3.8, 4) is 0 Å². The summed E-state index contributed by atoms with van der Waals surface area (Å²) >= 11 is 0. The third kappa shape index (κ3) is 3.78. The van der Waals surface area contributed by atoms with E-state index < -0.39 is 0 Å². The van der Waals surface area contributed by atoms with Crippen LogP contribution in [0.25, 0.3) is 0 Å². The fourth-order valence-electron chi connectivity index (χ4n) is 0.645. The van der Waals surface area contributed by atoms with Gasteiger partial charge in [0.1, 0.15) is 6.26 Å². The molecule has 3 heteroatoms. The molecule has 0 radical (unpaired) electrons. The molecule has 0 aromatic carbocycles. The highest BCUT2D eigenvalue weighted by Crippen LogP contribution is 1.98. The van der Waals surface area contributed by atoms with E-state index in [-0.39, 0.29) is 0 Å². The summed E-state index contributed by atoms with van der Waals surface area (Å²) in [6.45, 7) is 5.34. The van der Waals surface area contributed by atoms with Gasteiger partial charge in [0, 0.05) is 12.6 Å². The Hall–Kier alpha value is -0.830. The first kappa shape index (κ1) is 8.27. The van der Waals surface area contributed by atoms with Gasteiger partial charge in [-0.1, -0.05) is 6.92 Å². The molecule has 1 unspecified atom stereocenters. The Bertz CT molecular complexity index is 180. The van der Waals surface area contributed by atoms with Gasteiger partial charge < -0.3 is 9.73 Å². The van der Waals surface area contributed by atoms with Crippen LogP contribution in [0.4, 0.5) is 0 Å². The SMILES string of the molecule is CCC1CN1.Cc1cocn1. The standard InChI is InChI=1S/C4H5NO.C4H9N/c1-4-2-6-3-5-4;1-2-4-3-5-4/h2-3H,1H3;4-5H,2-3H2,1H3. The van der Waals surface area contributed by atoms with Gasteiger partial charge in [-0.15, -0.1) is 0 Å². The predicted molar refractivity (Wildman–Crippen MR) is 43.3 cm³/mol. The fraction of sp³-hybridized carbons (Fsp3) is 0.625. The first-order valence-corrected chi connectivity index (χ1v) is 3.91. The maximum absolute atomic E-state index is 4.60. The topological polar surface area (TPSA) is 48.0 Å². The van der Waals surface area contributed by atoms with Gasteiger partial charge in [0.2, 0.25) is 0 Å². The summed E-state index contributed by atoms with van der Waals surface area (Å²) in [6, 6.07) is 0.884. The summed E-state index contributed by atoms with van der Waals surface area (Å²) < 4.78 is 4.60. The van der Waals surface area contributed by atoms with Crippen LogP contribution in [0.15, 0.2) is 17.1 Å². The number of aryl methyl sites for hydroxylation is 1. The first-order valence-electron chi connectivity index (χ1n) is 3.91. The molecule has 1 N–H and O–H groups in total. The molecule has 2 heterocycles. The van der Waals surface area contributed by atoms with Crippen LogP contribution in [0.1, 0.15) is 19.0 Å². The Kier molecular flexibility index (Phi) is 3.11. The summed E-state index contributed by atoms with van der Waals surface area (Å²) in [7, 11) is 0. The minimum absolute atomic E-state index is 0.884. The molecule has 0 bridgehead atoms. The van der Waals surface area contributed by atoms with Crippen molar-refractivity contribution in [2.75, 3.05) is 6.54 Å². The van der Waals surface area contributed by atoms with Crippen molar-refractivity contribution in [2.24, 2.45) is 0 Å². The molecule has 1 aliphatic heterocycles. The Balaban J connectivity index is 0.000000112. The lowest BCUT2D eigenvalue weighted by Gasteiger charge is -1.71. The average molecular weight is 154 g/mol. The smallest absolute Gasteiger partial charge is 0.180 e. The second kappa shape index (κ2) is 4.13. The quantitative estimate of drug-likeness (QED) is 0.621. The number of hydrogen-bond donors (Lipinski definition) is 1. The maximum Gasteiger partial charge on any atom is 0.180 e. The molecule has 2 rings (SSSR count). The number of aromatic nitrogens is 1. The van der Waals surface area contributed by atoms with Crippen LogP contribution in [-0.2, 0) is 0 Å². The number of nitrogens with zero attached hydrogens (tertiary/aromatic N) is 1. The lowest BCUT2D eigenvalue weighted by Crippen LogP contribution is -1.81. The van der Waals surface area contributed by atoms with Crippen molar-refractivity contribution in [1.29, 1.82) is 0 Å². The van der Waals surface area contributed by atoms with E-state index in [1.807, 2.05) is 6.92 Å². The van der Waals surface area contributed by atoms with Crippen molar-refractivity contribution >= 4 is 0 Å². The van der Waals surface area contributed by atoms with Crippen LogP contribution in [0, 0.1) is 6.92 Å². The zero-order valence-electron chi connectivity index (χ0n) is 7.00. The van der Waals surface area contributed by atoms with Crippen molar-refractivity contribution in [1.82, 2.24) is 10.3 Å². The van der Waals surface area contributed by atoms with E-state index in [4.69, 9.17) is 0 Å². The van der Waals surface area contributed by atoms with Crippen molar-refractivity contribution in [2.45, 2.75) is 26.3 Å². The van der Waals surface area contributed by atoms with Crippen LogP contribution in [0.5, 0.6) is 0 Å². The van der Waals surface area contributed by atoms with Crippen molar-refractivity contribution in [3.63, 3.8) is 0 Å². The number of oxazole rings is 1. The van der Waals surface area contributed by atoms with Crippen LogP contribution >= 0.6 is 0 Å². The van der Waals surface area contributed by atoms with Gasteiger partial charge in [0.15, 0.2) is 6.39 Å². The predicted octanol–water partition coefficient (Wildman–Crippen LogP) is 1.35. The van der Waals surface area contributed by atoms with Gasteiger partial charge in [-0.2, -0.15) is 0 Å². The lowest BCUT2D eigenvalue weighted by molar-refractivity contribution is 0.557. The van der Waals surface area contributed by atoms with Crippen LogP contribution in [0.2, 0.25) is 0 Å². The molecule has 1 saturated heterocycles. The molecular formula is C8H14N2O. The molecule has 1 atom stereocenters. The van der Waals surface area contributed by atoms with Crippen LogP contribution in [0.3, 0.4) is 0 Å². The summed E-state index contributed by atoms with van der Waals surface area (Å²) in [4.78, 5) is 3.75. The molecule has 11 heavy (non-hydrogen) atoms. The molecule has 0 aliphatic carbocycles.